The van der Waals surface area contributed by atoms with Gasteiger partial charge in [0.25, 0.3) is 0 Å². The number of carbonyl (C=O) groups is 1. The number of rotatable bonds is 6. The minimum atomic E-state index is 0.315. The fourth-order valence-corrected chi connectivity index (χ4v) is 1.43. The average molecular weight is 169 g/mol. The Morgan fingerprint density at radius 3 is 2.67 bits per heavy atom. The second kappa shape index (κ2) is 4.61. The zero-order chi connectivity index (χ0) is 8.97. The lowest BCUT2D eigenvalue weighted by Gasteiger charge is -2.14. The SMILES string of the molecule is CC(=O)CCCN(C)CC1CC1. The molecule has 0 saturated heterocycles. The van der Waals surface area contributed by atoms with Crippen molar-refractivity contribution in [3.05, 3.63) is 0 Å². The Morgan fingerprint density at radius 2 is 2.17 bits per heavy atom. The summed E-state index contributed by atoms with van der Waals surface area (Å²) in [6.07, 6.45) is 4.60. The monoisotopic (exact) mass is 169 g/mol. The summed E-state index contributed by atoms with van der Waals surface area (Å²) in [4.78, 5) is 13.0. The van der Waals surface area contributed by atoms with Gasteiger partial charge < -0.3 is 9.69 Å². The van der Waals surface area contributed by atoms with Gasteiger partial charge >= 0.3 is 0 Å². The van der Waals surface area contributed by atoms with Crippen LogP contribution in [-0.4, -0.2) is 30.8 Å². The number of ketones is 1. The van der Waals surface area contributed by atoms with E-state index in [-0.39, 0.29) is 0 Å². The molecule has 0 aromatic heterocycles. The Hall–Kier alpha value is -0.370. The standard InChI is InChI=1S/C10H19NO/c1-9(12)4-3-7-11(2)8-10-5-6-10/h10H,3-8H2,1-2H3. The maximum atomic E-state index is 10.6. The van der Waals surface area contributed by atoms with Crippen LogP contribution >= 0.6 is 0 Å². The smallest absolute Gasteiger partial charge is 0.129 e. The minimum Gasteiger partial charge on any atom is -0.306 e. The molecule has 0 heterocycles. The predicted octanol–water partition coefficient (Wildman–Crippen LogP) is 1.70. The molecule has 70 valence electrons. The van der Waals surface area contributed by atoms with Gasteiger partial charge in [-0.25, -0.2) is 0 Å². The van der Waals surface area contributed by atoms with Gasteiger partial charge in [-0.2, -0.15) is 0 Å². The first-order chi connectivity index (χ1) is 5.68. The summed E-state index contributed by atoms with van der Waals surface area (Å²) in [7, 11) is 2.15. The number of nitrogens with zero attached hydrogens (tertiary/aromatic N) is 1. The number of Topliss-reactive ketones (excluding diaryl/α,β-unsaturated/α-hetero) is 1. The Bertz CT molecular complexity index is 152. The van der Waals surface area contributed by atoms with Gasteiger partial charge in [-0.3, -0.25) is 0 Å². The molecular formula is C10H19NO. The largest absolute Gasteiger partial charge is 0.306 e. The molecule has 0 aromatic rings. The van der Waals surface area contributed by atoms with Crippen LogP contribution in [0.15, 0.2) is 0 Å². The van der Waals surface area contributed by atoms with Gasteiger partial charge in [-0.05, 0) is 45.7 Å². The Balaban J connectivity index is 1.93. The van der Waals surface area contributed by atoms with Gasteiger partial charge in [-0.15, -0.1) is 0 Å². The summed E-state index contributed by atoms with van der Waals surface area (Å²) in [5.74, 6) is 1.28. The van der Waals surface area contributed by atoms with Crippen molar-refractivity contribution in [2.75, 3.05) is 20.1 Å². The molecule has 0 radical (unpaired) electrons. The summed E-state index contributed by atoms with van der Waals surface area (Å²) in [5, 5.41) is 0. The Kier molecular flexibility index (Phi) is 3.73. The van der Waals surface area contributed by atoms with Crippen LogP contribution in [0, 0.1) is 5.92 Å². The van der Waals surface area contributed by atoms with E-state index in [0.29, 0.717) is 5.78 Å². The van der Waals surface area contributed by atoms with Crippen molar-refractivity contribution < 1.29 is 4.79 Å². The van der Waals surface area contributed by atoms with Gasteiger partial charge in [-0.1, -0.05) is 0 Å². The molecule has 0 aromatic carbocycles. The number of carbonyl (C=O) groups excluding carboxylic acids is 1. The third-order valence-corrected chi connectivity index (χ3v) is 2.34. The minimum absolute atomic E-state index is 0.315. The molecule has 0 atom stereocenters. The van der Waals surface area contributed by atoms with Crippen molar-refractivity contribution in [2.24, 2.45) is 5.92 Å². The lowest BCUT2D eigenvalue weighted by molar-refractivity contribution is -0.117. The summed E-state index contributed by atoms with van der Waals surface area (Å²) in [5.41, 5.74) is 0. The highest BCUT2D eigenvalue weighted by atomic mass is 16.1. The molecule has 0 spiro atoms. The van der Waals surface area contributed by atoms with E-state index in [1.807, 2.05) is 0 Å². The molecule has 2 heteroatoms. The maximum absolute atomic E-state index is 10.6. The second-order valence-corrected chi connectivity index (χ2v) is 4.01. The zero-order valence-electron chi connectivity index (χ0n) is 8.18. The molecule has 1 saturated carbocycles. The highest BCUT2D eigenvalue weighted by molar-refractivity contribution is 5.75. The van der Waals surface area contributed by atoms with E-state index in [2.05, 4.69) is 11.9 Å². The molecular weight excluding hydrogens is 150 g/mol. The topological polar surface area (TPSA) is 20.3 Å². The molecule has 0 unspecified atom stereocenters. The fourth-order valence-electron chi connectivity index (χ4n) is 1.43. The van der Waals surface area contributed by atoms with Crippen molar-refractivity contribution in [2.45, 2.75) is 32.6 Å². The highest BCUT2D eigenvalue weighted by Gasteiger charge is 2.22. The Labute approximate surface area is 74.9 Å². The van der Waals surface area contributed by atoms with Gasteiger partial charge in [0.05, 0.1) is 0 Å². The first-order valence-corrected chi connectivity index (χ1v) is 4.86. The third-order valence-electron chi connectivity index (χ3n) is 2.34. The van der Waals surface area contributed by atoms with E-state index >= 15 is 0 Å². The third kappa shape index (κ3) is 4.50. The highest BCUT2D eigenvalue weighted by Crippen LogP contribution is 2.29. The first-order valence-electron chi connectivity index (χ1n) is 4.86. The van der Waals surface area contributed by atoms with Gasteiger partial charge in [0.1, 0.15) is 5.78 Å². The average Bonchev–Trinajstić information content (AvgIpc) is 2.70. The van der Waals surface area contributed by atoms with Crippen LogP contribution in [-0.2, 0) is 4.79 Å². The molecule has 2 nitrogen and oxygen atoms in total. The van der Waals surface area contributed by atoms with E-state index in [0.717, 1.165) is 25.3 Å². The Morgan fingerprint density at radius 1 is 1.50 bits per heavy atom. The molecule has 0 bridgehead atoms. The van der Waals surface area contributed by atoms with Crippen molar-refractivity contribution in [3.63, 3.8) is 0 Å². The molecule has 1 aliphatic carbocycles. The molecule has 0 N–H and O–H groups in total. The fraction of sp³-hybridized carbons (Fsp3) is 0.900. The van der Waals surface area contributed by atoms with E-state index in [1.165, 1.54) is 19.4 Å². The summed E-state index contributed by atoms with van der Waals surface area (Å²) in [6, 6.07) is 0. The van der Waals surface area contributed by atoms with Crippen LogP contribution in [0.4, 0.5) is 0 Å². The van der Waals surface area contributed by atoms with Crippen molar-refractivity contribution >= 4 is 5.78 Å². The van der Waals surface area contributed by atoms with Crippen LogP contribution < -0.4 is 0 Å². The number of hydrogen-bond acceptors (Lipinski definition) is 2. The predicted molar refractivity (Wildman–Crippen MR) is 50.1 cm³/mol. The van der Waals surface area contributed by atoms with Gasteiger partial charge in [0.15, 0.2) is 0 Å². The molecule has 12 heavy (non-hydrogen) atoms. The van der Waals surface area contributed by atoms with Crippen molar-refractivity contribution in [3.8, 4) is 0 Å². The molecule has 1 aliphatic rings. The molecule has 1 fully saturated rings. The summed E-state index contributed by atoms with van der Waals surface area (Å²) >= 11 is 0. The van der Waals surface area contributed by atoms with Crippen LogP contribution in [0.5, 0.6) is 0 Å². The van der Waals surface area contributed by atoms with Crippen molar-refractivity contribution in [1.29, 1.82) is 0 Å². The van der Waals surface area contributed by atoms with Crippen molar-refractivity contribution in [1.82, 2.24) is 4.90 Å². The normalized spacial score (nSPS) is 16.9. The molecule has 0 amide bonds. The summed E-state index contributed by atoms with van der Waals surface area (Å²) in [6.45, 7) is 3.98. The van der Waals surface area contributed by atoms with Crippen LogP contribution in [0.25, 0.3) is 0 Å². The quantitative estimate of drug-likeness (QED) is 0.603. The van der Waals surface area contributed by atoms with Crippen LogP contribution in [0.2, 0.25) is 0 Å². The summed E-state index contributed by atoms with van der Waals surface area (Å²) < 4.78 is 0. The van der Waals surface area contributed by atoms with E-state index in [1.54, 1.807) is 6.92 Å². The zero-order valence-corrected chi connectivity index (χ0v) is 8.18. The lowest BCUT2D eigenvalue weighted by atomic mass is 10.2. The van der Waals surface area contributed by atoms with E-state index in [4.69, 9.17) is 0 Å². The van der Waals surface area contributed by atoms with Crippen LogP contribution in [0.1, 0.15) is 32.6 Å². The first kappa shape index (κ1) is 9.72. The second-order valence-electron chi connectivity index (χ2n) is 4.01. The molecule has 1 rings (SSSR count). The van der Waals surface area contributed by atoms with Crippen LogP contribution in [0.3, 0.4) is 0 Å². The lowest BCUT2D eigenvalue weighted by Crippen LogP contribution is -2.22. The molecule has 0 aliphatic heterocycles. The van der Waals surface area contributed by atoms with Gasteiger partial charge in [0, 0.05) is 13.0 Å². The van der Waals surface area contributed by atoms with E-state index < -0.39 is 0 Å². The number of hydrogen-bond donors (Lipinski definition) is 0. The van der Waals surface area contributed by atoms with Gasteiger partial charge in [0.2, 0.25) is 0 Å². The maximum Gasteiger partial charge on any atom is 0.129 e. The van der Waals surface area contributed by atoms with E-state index in [9.17, 15) is 4.79 Å².